The summed E-state index contributed by atoms with van der Waals surface area (Å²) < 4.78 is 40.2. The predicted octanol–water partition coefficient (Wildman–Crippen LogP) is 4.55. The molecule has 0 fully saturated rings. The van der Waals surface area contributed by atoms with Crippen LogP contribution in [0.15, 0.2) is 41.7 Å². The summed E-state index contributed by atoms with van der Waals surface area (Å²) in [5.74, 6) is 0. The average molecular weight is 474 g/mol. The molecule has 0 unspecified atom stereocenters. The Morgan fingerprint density at radius 1 is 1.19 bits per heavy atom. The third kappa shape index (κ3) is 7.32. The molecule has 5 nitrogen and oxygen atoms in total. The molecule has 0 heterocycles. The first-order chi connectivity index (χ1) is 15.2. The van der Waals surface area contributed by atoms with Crippen LogP contribution in [-0.4, -0.2) is 51.3 Å². The van der Waals surface area contributed by atoms with Gasteiger partial charge in [0, 0.05) is 61.9 Å². The molecule has 0 saturated carbocycles. The quantitative estimate of drug-likeness (QED) is 0.307. The van der Waals surface area contributed by atoms with E-state index in [1.807, 2.05) is 14.0 Å². The number of halogens is 4. The van der Waals surface area contributed by atoms with Gasteiger partial charge in [0.15, 0.2) is 0 Å². The number of allylic oxidation sites excluding steroid dienone is 2. The van der Waals surface area contributed by atoms with Crippen LogP contribution < -0.4 is 21.3 Å². The fourth-order valence-corrected chi connectivity index (χ4v) is 4.13. The van der Waals surface area contributed by atoms with Crippen molar-refractivity contribution >= 4 is 17.3 Å². The molecule has 1 aromatic carbocycles. The molecule has 1 aromatic rings. The van der Waals surface area contributed by atoms with Crippen LogP contribution in [0, 0.1) is 0 Å². The van der Waals surface area contributed by atoms with Crippen LogP contribution in [0.25, 0.3) is 0 Å². The lowest BCUT2D eigenvalue weighted by Crippen LogP contribution is -2.36. The Morgan fingerprint density at radius 3 is 2.56 bits per heavy atom. The van der Waals surface area contributed by atoms with Gasteiger partial charge >= 0.3 is 6.18 Å². The average Bonchev–Trinajstić information content (AvgIpc) is 2.77. The van der Waals surface area contributed by atoms with E-state index >= 15 is 0 Å². The maximum atomic E-state index is 13.4. The maximum absolute atomic E-state index is 13.4. The maximum Gasteiger partial charge on any atom is 0.418 e. The highest BCUT2D eigenvalue weighted by Gasteiger charge is 2.35. The van der Waals surface area contributed by atoms with Crippen molar-refractivity contribution in [2.75, 3.05) is 51.3 Å². The van der Waals surface area contributed by atoms with E-state index in [1.54, 1.807) is 4.90 Å². The summed E-state index contributed by atoms with van der Waals surface area (Å²) in [4.78, 5) is 3.78. The first-order valence-corrected chi connectivity index (χ1v) is 11.5. The molecular weight excluding hydrogens is 439 g/mol. The molecular formula is C23H35ClF3N5. The normalized spacial score (nSPS) is 14.5. The highest BCUT2D eigenvalue weighted by molar-refractivity contribution is 6.30. The van der Waals surface area contributed by atoms with Gasteiger partial charge in [-0.15, -0.1) is 0 Å². The van der Waals surface area contributed by atoms with Crippen molar-refractivity contribution in [1.29, 1.82) is 0 Å². The second-order valence-electron chi connectivity index (χ2n) is 7.91. The summed E-state index contributed by atoms with van der Waals surface area (Å²) in [7, 11) is 2.00. The number of alkyl halides is 3. The summed E-state index contributed by atoms with van der Waals surface area (Å²) in [6.07, 6.45) is -0.133. The zero-order chi connectivity index (χ0) is 23.7. The molecule has 0 amide bonds. The van der Waals surface area contributed by atoms with E-state index in [9.17, 15) is 13.2 Å². The number of likely N-dealkylation sites (N-methyl/N-ethyl adjacent to an activating group) is 1. The van der Waals surface area contributed by atoms with Crippen molar-refractivity contribution in [3.63, 3.8) is 0 Å². The van der Waals surface area contributed by atoms with Gasteiger partial charge in [-0.2, -0.15) is 13.2 Å². The highest BCUT2D eigenvalue weighted by Crippen LogP contribution is 2.38. The van der Waals surface area contributed by atoms with Crippen molar-refractivity contribution in [1.82, 2.24) is 15.5 Å². The lowest BCUT2D eigenvalue weighted by atomic mass is 9.93. The number of nitrogens with two attached hydrogens (primary N) is 1. The van der Waals surface area contributed by atoms with E-state index in [4.69, 9.17) is 17.3 Å². The van der Waals surface area contributed by atoms with Crippen LogP contribution >= 0.6 is 11.6 Å². The second-order valence-corrected chi connectivity index (χ2v) is 8.34. The number of nitrogens with one attached hydrogen (secondary N) is 2. The van der Waals surface area contributed by atoms with Crippen molar-refractivity contribution in [2.45, 2.75) is 38.8 Å². The van der Waals surface area contributed by atoms with Crippen LogP contribution in [0.2, 0.25) is 5.02 Å². The molecule has 0 atom stereocenters. The number of hydrogen-bond donors (Lipinski definition) is 3. The second kappa shape index (κ2) is 12.4. The van der Waals surface area contributed by atoms with Gasteiger partial charge in [0.1, 0.15) is 0 Å². The van der Waals surface area contributed by atoms with Gasteiger partial charge in [-0.3, -0.25) is 0 Å². The Hall–Kier alpha value is -1.90. The number of anilines is 1. The fourth-order valence-electron chi connectivity index (χ4n) is 3.95. The molecule has 4 N–H and O–H groups in total. The van der Waals surface area contributed by atoms with E-state index in [-0.39, 0.29) is 10.7 Å². The molecule has 0 saturated heterocycles. The van der Waals surface area contributed by atoms with Crippen LogP contribution in [0.3, 0.4) is 0 Å². The standard InChI is InChI=1S/C23H35ClF3N5/c1-4-32(22-10-9-18(24)15-20(22)23(25,26)27)14-13-29-11-12-30-17(2)19-7-5-6-8-21(19)31(3)16-28/h9-10,15,29-30H,2,4-8,11-14,16,28H2,1,3H3. The van der Waals surface area contributed by atoms with Crippen LogP contribution in [0.5, 0.6) is 0 Å². The highest BCUT2D eigenvalue weighted by atomic mass is 35.5. The van der Waals surface area contributed by atoms with Crippen molar-refractivity contribution in [2.24, 2.45) is 5.73 Å². The Kier molecular flexibility index (Phi) is 10.2. The summed E-state index contributed by atoms with van der Waals surface area (Å²) >= 11 is 5.79. The van der Waals surface area contributed by atoms with Gasteiger partial charge in [-0.25, -0.2) is 0 Å². The Morgan fingerprint density at radius 2 is 1.91 bits per heavy atom. The minimum atomic E-state index is -4.45. The van der Waals surface area contributed by atoms with E-state index in [2.05, 4.69) is 22.1 Å². The van der Waals surface area contributed by atoms with E-state index in [0.717, 1.165) is 37.4 Å². The fraction of sp³-hybridized carbons (Fsp3) is 0.565. The Balaban J connectivity index is 1.84. The Labute approximate surface area is 194 Å². The van der Waals surface area contributed by atoms with Gasteiger partial charge in [0.05, 0.1) is 12.2 Å². The molecule has 2 rings (SSSR count). The van der Waals surface area contributed by atoms with Crippen LogP contribution in [0.1, 0.15) is 38.2 Å². The smallest absolute Gasteiger partial charge is 0.384 e. The largest absolute Gasteiger partial charge is 0.418 e. The van der Waals surface area contributed by atoms with E-state index < -0.39 is 11.7 Å². The minimum Gasteiger partial charge on any atom is -0.384 e. The zero-order valence-corrected chi connectivity index (χ0v) is 19.7. The van der Waals surface area contributed by atoms with Gasteiger partial charge < -0.3 is 26.2 Å². The zero-order valence-electron chi connectivity index (χ0n) is 19.0. The van der Waals surface area contributed by atoms with Crippen molar-refractivity contribution < 1.29 is 13.2 Å². The van der Waals surface area contributed by atoms with Crippen molar-refractivity contribution in [3.8, 4) is 0 Å². The summed E-state index contributed by atoms with van der Waals surface area (Å²) in [5.41, 5.74) is 8.66. The third-order valence-electron chi connectivity index (χ3n) is 5.72. The number of hydrogen-bond acceptors (Lipinski definition) is 5. The minimum absolute atomic E-state index is 0.0791. The van der Waals surface area contributed by atoms with Gasteiger partial charge in [0.2, 0.25) is 0 Å². The monoisotopic (exact) mass is 473 g/mol. The molecule has 0 aromatic heterocycles. The number of nitrogens with zero attached hydrogens (tertiary/aromatic N) is 2. The molecule has 0 bridgehead atoms. The number of rotatable bonds is 12. The molecule has 0 radical (unpaired) electrons. The van der Waals surface area contributed by atoms with Gasteiger partial charge in [0.25, 0.3) is 0 Å². The van der Waals surface area contributed by atoms with Gasteiger partial charge in [-0.05, 0) is 56.4 Å². The summed E-state index contributed by atoms with van der Waals surface area (Å²) in [5, 5.41) is 6.74. The molecule has 0 spiro atoms. The molecule has 1 aliphatic carbocycles. The van der Waals surface area contributed by atoms with Gasteiger partial charge in [-0.1, -0.05) is 18.2 Å². The number of benzene rings is 1. The first-order valence-electron chi connectivity index (χ1n) is 11.1. The predicted molar refractivity (Wildman–Crippen MR) is 127 cm³/mol. The Bertz CT molecular complexity index is 794. The third-order valence-corrected chi connectivity index (χ3v) is 5.96. The molecule has 9 heteroatoms. The molecule has 1 aliphatic rings. The van der Waals surface area contributed by atoms with E-state index in [1.165, 1.54) is 23.4 Å². The molecule has 0 aliphatic heterocycles. The topological polar surface area (TPSA) is 56.6 Å². The van der Waals surface area contributed by atoms with E-state index in [0.29, 0.717) is 39.4 Å². The summed E-state index contributed by atoms with van der Waals surface area (Å²) in [6.45, 7) is 9.36. The van der Waals surface area contributed by atoms with Crippen LogP contribution in [-0.2, 0) is 6.18 Å². The van der Waals surface area contributed by atoms with Crippen molar-refractivity contribution in [3.05, 3.63) is 52.3 Å². The molecule has 180 valence electrons. The first kappa shape index (κ1) is 26.4. The van der Waals surface area contributed by atoms with Crippen LogP contribution in [0.4, 0.5) is 18.9 Å². The summed E-state index contributed by atoms with van der Waals surface area (Å²) in [6, 6.07) is 3.92. The lowest BCUT2D eigenvalue weighted by molar-refractivity contribution is -0.137. The molecule has 32 heavy (non-hydrogen) atoms. The lowest BCUT2D eigenvalue weighted by Gasteiger charge is -2.29. The SMILES string of the molecule is C=C(NCCNCCN(CC)c1ccc(Cl)cc1C(F)(F)F)C1=C(N(C)CN)CCCC1.